The van der Waals surface area contributed by atoms with Crippen molar-refractivity contribution in [1.82, 2.24) is 5.32 Å². The Balaban J connectivity index is 2.59. The molecule has 0 aromatic heterocycles. The minimum Gasteiger partial charge on any atom is -0.508 e. The van der Waals surface area contributed by atoms with Crippen LogP contribution in [-0.2, 0) is 9.59 Å². The van der Waals surface area contributed by atoms with Crippen molar-refractivity contribution >= 4 is 18.0 Å². The molecule has 1 amide bonds. The molecule has 0 radical (unpaired) electrons. The third-order valence-corrected chi connectivity index (χ3v) is 2.34. The normalized spacial score (nSPS) is 12.3. The van der Waals surface area contributed by atoms with Crippen LogP contribution in [0.5, 0.6) is 5.75 Å². The second-order valence-electron chi connectivity index (χ2n) is 3.73. The Labute approximate surface area is 105 Å². The highest BCUT2D eigenvalue weighted by molar-refractivity contribution is 5.94. The smallest absolute Gasteiger partial charge is 0.326 e. The lowest BCUT2D eigenvalue weighted by Gasteiger charge is -2.09. The van der Waals surface area contributed by atoms with Gasteiger partial charge < -0.3 is 15.5 Å². The van der Waals surface area contributed by atoms with E-state index >= 15 is 0 Å². The van der Waals surface area contributed by atoms with Crippen molar-refractivity contribution in [2.75, 3.05) is 0 Å². The van der Waals surface area contributed by atoms with Gasteiger partial charge in [-0.2, -0.15) is 0 Å². The molecule has 0 heterocycles. The lowest BCUT2D eigenvalue weighted by molar-refractivity contribution is -0.141. The first-order valence-corrected chi connectivity index (χ1v) is 5.53. The summed E-state index contributed by atoms with van der Waals surface area (Å²) in [5.74, 6) is -1.37. The van der Waals surface area contributed by atoms with E-state index in [1.807, 2.05) is 0 Å². The number of carbonyl (C=O) groups is 2. The highest BCUT2D eigenvalue weighted by atomic mass is 16.4. The van der Waals surface area contributed by atoms with Gasteiger partial charge in [0.05, 0.1) is 0 Å². The molecule has 0 bridgehead atoms. The molecule has 0 spiro atoms. The Morgan fingerprint density at radius 3 is 2.44 bits per heavy atom. The van der Waals surface area contributed by atoms with Crippen molar-refractivity contribution in [2.24, 2.45) is 0 Å². The van der Waals surface area contributed by atoms with Crippen LogP contribution in [0.4, 0.5) is 0 Å². The number of rotatable bonds is 5. The van der Waals surface area contributed by atoms with Crippen molar-refractivity contribution in [3.05, 3.63) is 35.9 Å². The van der Waals surface area contributed by atoms with Crippen molar-refractivity contribution < 1.29 is 19.8 Å². The van der Waals surface area contributed by atoms with Crippen LogP contribution < -0.4 is 5.32 Å². The van der Waals surface area contributed by atoms with Crippen LogP contribution in [0.1, 0.15) is 18.9 Å². The van der Waals surface area contributed by atoms with Gasteiger partial charge >= 0.3 is 5.97 Å². The van der Waals surface area contributed by atoms with Gasteiger partial charge in [0.25, 0.3) is 0 Å². The fourth-order valence-electron chi connectivity index (χ4n) is 1.32. The molecule has 0 fully saturated rings. The van der Waals surface area contributed by atoms with Crippen LogP contribution in [0.2, 0.25) is 0 Å². The molecule has 1 unspecified atom stereocenters. The Morgan fingerprint density at radius 2 is 1.94 bits per heavy atom. The van der Waals surface area contributed by atoms with E-state index in [2.05, 4.69) is 5.32 Å². The molecule has 0 aliphatic rings. The third-order valence-electron chi connectivity index (χ3n) is 2.34. The van der Waals surface area contributed by atoms with Gasteiger partial charge in [-0.15, -0.1) is 0 Å². The van der Waals surface area contributed by atoms with E-state index in [9.17, 15) is 9.59 Å². The largest absolute Gasteiger partial charge is 0.508 e. The molecule has 18 heavy (non-hydrogen) atoms. The van der Waals surface area contributed by atoms with Gasteiger partial charge in [0.15, 0.2) is 0 Å². The first-order valence-electron chi connectivity index (χ1n) is 5.53. The summed E-state index contributed by atoms with van der Waals surface area (Å²) >= 11 is 0. The van der Waals surface area contributed by atoms with Gasteiger partial charge in [-0.3, -0.25) is 4.79 Å². The first-order chi connectivity index (χ1) is 8.52. The molecule has 96 valence electrons. The fourth-order valence-corrected chi connectivity index (χ4v) is 1.32. The lowest BCUT2D eigenvalue weighted by Crippen LogP contribution is -2.39. The molecule has 0 saturated carbocycles. The van der Waals surface area contributed by atoms with Crippen molar-refractivity contribution in [3.8, 4) is 5.75 Å². The number of carboxylic acid groups (broad SMARTS) is 1. The van der Waals surface area contributed by atoms with Crippen molar-refractivity contribution in [3.63, 3.8) is 0 Å². The Hall–Kier alpha value is -2.30. The molecular formula is C13H15NO4. The quantitative estimate of drug-likeness (QED) is 0.688. The molecule has 3 N–H and O–H groups in total. The average molecular weight is 249 g/mol. The number of carboxylic acids is 1. The van der Waals surface area contributed by atoms with Gasteiger partial charge in [-0.1, -0.05) is 19.1 Å². The van der Waals surface area contributed by atoms with E-state index in [1.165, 1.54) is 18.2 Å². The molecular weight excluding hydrogens is 234 g/mol. The van der Waals surface area contributed by atoms with Crippen LogP contribution in [0.3, 0.4) is 0 Å². The molecule has 5 nitrogen and oxygen atoms in total. The monoisotopic (exact) mass is 249 g/mol. The van der Waals surface area contributed by atoms with Crippen LogP contribution in [0, 0.1) is 0 Å². The Bertz CT molecular complexity index is 451. The van der Waals surface area contributed by atoms with E-state index in [0.29, 0.717) is 6.42 Å². The summed E-state index contributed by atoms with van der Waals surface area (Å²) in [4.78, 5) is 22.2. The molecule has 0 aliphatic carbocycles. The molecule has 1 aromatic carbocycles. The maximum atomic E-state index is 11.4. The van der Waals surface area contributed by atoms with Crippen LogP contribution in [0.25, 0.3) is 6.08 Å². The zero-order valence-electron chi connectivity index (χ0n) is 9.96. The number of phenols is 1. The Morgan fingerprint density at radius 1 is 1.33 bits per heavy atom. The van der Waals surface area contributed by atoms with Gasteiger partial charge in [0, 0.05) is 6.08 Å². The van der Waals surface area contributed by atoms with Crippen LogP contribution in [-0.4, -0.2) is 28.1 Å². The Kier molecular flexibility index (Phi) is 4.92. The molecule has 0 aliphatic heterocycles. The molecule has 0 saturated heterocycles. The predicted octanol–water partition coefficient (Wildman–Crippen LogP) is 1.38. The van der Waals surface area contributed by atoms with Crippen molar-refractivity contribution in [2.45, 2.75) is 19.4 Å². The second-order valence-corrected chi connectivity index (χ2v) is 3.73. The molecule has 5 heteroatoms. The number of carbonyl (C=O) groups excluding carboxylic acids is 1. The highest BCUT2D eigenvalue weighted by Crippen LogP contribution is 2.10. The minimum absolute atomic E-state index is 0.147. The summed E-state index contributed by atoms with van der Waals surface area (Å²) < 4.78 is 0. The van der Waals surface area contributed by atoms with Crippen LogP contribution in [0.15, 0.2) is 30.3 Å². The summed E-state index contributed by atoms with van der Waals surface area (Å²) in [7, 11) is 0. The summed E-state index contributed by atoms with van der Waals surface area (Å²) in [6.07, 6.45) is 3.13. The van der Waals surface area contributed by atoms with E-state index in [1.54, 1.807) is 25.1 Å². The number of aliphatic carboxylic acids is 1. The SMILES string of the molecule is CCC(NC(=O)/C=C/c1ccc(O)cc1)C(=O)O. The third kappa shape index (κ3) is 4.29. The maximum Gasteiger partial charge on any atom is 0.326 e. The van der Waals surface area contributed by atoms with E-state index in [4.69, 9.17) is 10.2 Å². The standard InChI is InChI=1S/C13H15NO4/c1-2-11(13(17)18)14-12(16)8-5-9-3-6-10(15)7-4-9/h3-8,11,15H,2H2,1H3,(H,14,16)(H,17,18)/b8-5+. The summed E-state index contributed by atoms with van der Waals surface area (Å²) in [5, 5.41) is 20.2. The fraction of sp³-hybridized carbons (Fsp3) is 0.231. The van der Waals surface area contributed by atoms with E-state index in [-0.39, 0.29) is 5.75 Å². The van der Waals surface area contributed by atoms with E-state index < -0.39 is 17.9 Å². The summed E-state index contributed by atoms with van der Waals surface area (Å²) in [6.45, 7) is 1.68. The average Bonchev–Trinajstić information content (AvgIpc) is 2.35. The number of phenolic OH excluding ortho intramolecular Hbond substituents is 1. The number of benzene rings is 1. The molecule has 1 aromatic rings. The zero-order valence-corrected chi connectivity index (χ0v) is 9.96. The second kappa shape index (κ2) is 6.44. The number of hydrogen-bond donors (Lipinski definition) is 3. The van der Waals surface area contributed by atoms with Gasteiger partial charge in [0.1, 0.15) is 11.8 Å². The number of nitrogens with one attached hydrogen (secondary N) is 1. The number of amides is 1. The molecule has 1 rings (SSSR count). The molecule has 1 atom stereocenters. The topological polar surface area (TPSA) is 86.6 Å². The number of hydrogen-bond acceptors (Lipinski definition) is 3. The predicted molar refractivity (Wildman–Crippen MR) is 67.0 cm³/mol. The summed E-state index contributed by atoms with van der Waals surface area (Å²) in [5.41, 5.74) is 0.742. The zero-order chi connectivity index (χ0) is 13.5. The lowest BCUT2D eigenvalue weighted by atomic mass is 10.2. The number of aromatic hydroxyl groups is 1. The highest BCUT2D eigenvalue weighted by Gasteiger charge is 2.15. The minimum atomic E-state index is -1.05. The van der Waals surface area contributed by atoms with Crippen molar-refractivity contribution in [1.29, 1.82) is 0 Å². The summed E-state index contributed by atoms with van der Waals surface area (Å²) in [6, 6.07) is 5.43. The van der Waals surface area contributed by atoms with Gasteiger partial charge in [0.2, 0.25) is 5.91 Å². The first kappa shape index (κ1) is 13.8. The van der Waals surface area contributed by atoms with E-state index in [0.717, 1.165) is 5.56 Å². The van der Waals surface area contributed by atoms with Gasteiger partial charge in [-0.25, -0.2) is 4.79 Å². The maximum absolute atomic E-state index is 11.4. The van der Waals surface area contributed by atoms with Crippen LogP contribution >= 0.6 is 0 Å². The van der Waals surface area contributed by atoms with Gasteiger partial charge in [-0.05, 0) is 30.2 Å².